The molecule has 4 rings (SSSR count). The van der Waals surface area contributed by atoms with Crippen LogP contribution in [0.3, 0.4) is 0 Å². The van der Waals surface area contributed by atoms with E-state index in [1.165, 1.54) is 11.8 Å². The van der Waals surface area contributed by atoms with Gasteiger partial charge < -0.3 is 5.32 Å². The highest BCUT2D eigenvalue weighted by molar-refractivity contribution is 7.99. The molecule has 3 aromatic carbocycles. The molecule has 0 aliphatic carbocycles. The molecule has 1 N–H and O–H groups in total. The second-order valence-electron chi connectivity index (χ2n) is 6.69. The Morgan fingerprint density at radius 2 is 1.81 bits per heavy atom. The number of thioether (sulfide) groups is 1. The van der Waals surface area contributed by atoms with Crippen molar-refractivity contribution in [2.24, 2.45) is 0 Å². The first kappa shape index (κ1) is 20.9. The predicted molar refractivity (Wildman–Crippen MR) is 125 cm³/mol. The van der Waals surface area contributed by atoms with Gasteiger partial charge in [-0.1, -0.05) is 65.8 Å². The topological polar surface area (TPSA) is 78.7 Å². The number of hydrogen-bond acceptors (Lipinski definition) is 5. The van der Waals surface area contributed by atoms with Crippen molar-refractivity contribution >= 4 is 45.9 Å². The largest absolute Gasteiger partial charge is 0.325 e. The molecule has 0 aliphatic rings. The minimum Gasteiger partial charge on any atom is -0.325 e. The molecule has 1 aromatic heterocycles. The Balaban J connectivity index is 1.51. The van der Waals surface area contributed by atoms with Crippen LogP contribution in [-0.4, -0.2) is 21.6 Å². The number of carbonyl (C=O) groups excluding carboxylic acids is 1. The Morgan fingerprint density at radius 3 is 2.61 bits per heavy atom. The SMILES string of the molecule is N#Cc1ccccc1NC(=O)CCSc1nc(-c2ccccc2)c2cc(Cl)ccc2n1. The first-order chi connectivity index (χ1) is 15.1. The summed E-state index contributed by atoms with van der Waals surface area (Å²) in [5.74, 6) is 0.347. The zero-order valence-electron chi connectivity index (χ0n) is 16.4. The molecule has 4 aromatic rings. The van der Waals surface area contributed by atoms with Crippen molar-refractivity contribution in [1.82, 2.24) is 9.97 Å². The van der Waals surface area contributed by atoms with Gasteiger partial charge >= 0.3 is 0 Å². The van der Waals surface area contributed by atoms with E-state index in [0.29, 0.717) is 27.2 Å². The van der Waals surface area contributed by atoms with Crippen LogP contribution in [0.5, 0.6) is 0 Å². The van der Waals surface area contributed by atoms with Crippen LogP contribution in [0.1, 0.15) is 12.0 Å². The molecular weight excluding hydrogens is 428 g/mol. The molecule has 7 heteroatoms. The fourth-order valence-electron chi connectivity index (χ4n) is 3.10. The summed E-state index contributed by atoms with van der Waals surface area (Å²) in [5, 5.41) is 14.0. The van der Waals surface area contributed by atoms with Gasteiger partial charge in [0.25, 0.3) is 0 Å². The van der Waals surface area contributed by atoms with Crippen LogP contribution >= 0.6 is 23.4 Å². The number of nitrogens with one attached hydrogen (secondary N) is 1. The highest BCUT2D eigenvalue weighted by Gasteiger charge is 2.12. The zero-order valence-corrected chi connectivity index (χ0v) is 18.0. The molecule has 0 spiro atoms. The van der Waals surface area contributed by atoms with Crippen LogP contribution < -0.4 is 5.32 Å². The molecule has 0 unspecified atom stereocenters. The number of nitriles is 1. The normalized spacial score (nSPS) is 10.6. The number of benzene rings is 3. The van der Waals surface area contributed by atoms with E-state index in [4.69, 9.17) is 21.8 Å². The smallest absolute Gasteiger partial charge is 0.225 e. The number of aromatic nitrogens is 2. The number of carbonyl (C=O) groups is 1. The van der Waals surface area contributed by atoms with E-state index in [-0.39, 0.29) is 12.3 Å². The Bertz CT molecular complexity index is 1290. The second-order valence-corrected chi connectivity index (χ2v) is 8.18. The van der Waals surface area contributed by atoms with Crippen LogP contribution in [0.4, 0.5) is 5.69 Å². The number of nitrogens with zero attached hydrogens (tertiary/aromatic N) is 3. The zero-order chi connectivity index (χ0) is 21.6. The van der Waals surface area contributed by atoms with E-state index in [0.717, 1.165) is 22.2 Å². The molecule has 0 saturated carbocycles. The van der Waals surface area contributed by atoms with Crippen LogP contribution in [0.2, 0.25) is 5.02 Å². The Hall–Kier alpha value is -3.40. The van der Waals surface area contributed by atoms with E-state index >= 15 is 0 Å². The van der Waals surface area contributed by atoms with E-state index < -0.39 is 0 Å². The molecule has 0 atom stereocenters. The number of amides is 1. The number of anilines is 1. The highest BCUT2D eigenvalue weighted by atomic mass is 35.5. The molecule has 0 saturated heterocycles. The maximum Gasteiger partial charge on any atom is 0.225 e. The predicted octanol–water partition coefficient (Wildman–Crippen LogP) is 5.94. The van der Waals surface area contributed by atoms with Gasteiger partial charge in [0, 0.05) is 28.1 Å². The summed E-state index contributed by atoms with van der Waals surface area (Å²) in [7, 11) is 0. The van der Waals surface area contributed by atoms with E-state index in [1.807, 2.05) is 42.5 Å². The van der Waals surface area contributed by atoms with Gasteiger partial charge in [0.2, 0.25) is 5.91 Å². The summed E-state index contributed by atoms with van der Waals surface area (Å²) in [5.41, 5.74) is 3.54. The Labute approximate surface area is 189 Å². The van der Waals surface area contributed by atoms with Gasteiger partial charge in [-0.3, -0.25) is 4.79 Å². The third kappa shape index (κ3) is 5.02. The van der Waals surface area contributed by atoms with Gasteiger partial charge in [0.1, 0.15) is 6.07 Å². The van der Waals surface area contributed by atoms with Crippen molar-refractivity contribution in [3.05, 3.63) is 83.4 Å². The third-order valence-electron chi connectivity index (χ3n) is 4.57. The van der Waals surface area contributed by atoms with Gasteiger partial charge in [0.15, 0.2) is 5.16 Å². The molecule has 5 nitrogen and oxygen atoms in total. The number of hydrogen-bond donors (Lipinski definition) is 1. The lowest BCUT2D eigenvalue weighted by Crippen LogP contribution is -2.13. The van der Waals surface area contributed by atoms with Gasteiger partial charge in [-0.05, 0) is 30.3 Å². The standard InChI is InChI=1S/C24H17ClN4OS/c25-18-10-11-21-19(14-18)23(16-6-2-1-3-7-16)29-24(28-21)31-13-12-22(30)27-20-9-5-4-8-17(20)15-26/h1-11,14H,12-13H2,(H,27,30). The number of fused-ring (bicyclic) bond motifs is 1. The minimum absolute atomic E-state index is 0.161. The summed E-state index contributed by atoms with van der Waals surface area (Å²) in [6, 6.07) is 24.4. The fraction of sp³-hybridized carbons (Fsp3) is 0.0833. The molecule has 0 aliphatic heterocycles. The van der Waals surface area contributed by atoms with Crippen LogP contribution in [-0.2, 0) is 4.79 Å². The van der Waals surface area contributed by atoms with Crippen molar-refractivity contribution in [2.45, 2.75) is 11.6 Å². The van der Waals surface area contributed by atoms with Gasteiger partial charge in [-0.25, -0.2) is 9.97 Å². The highest BCUT2D eigenvalue weighted by Crippen LogP contribution is 2.30. The van der Waals surface area contributed by atoms with Crippen LogP contribution in [0.25, 0.3) is 22.2 Å². The maximum absolute atomic E-state index is 12.3. The van der Waals surface area contributed by atoms with Crippen molar-refractivity contribution in [3.63, 3.8) is 0 Å². The second kappa shape index (κ2) is 9.61. The lowest BCUT2D eigenvalue weighted by molar-refractivity contribution is -0.115. The first-order valence-corrected chi connectivity index (χ1v) is 10.9. The van der Waals surface area contributed by atoms with Gasteiger partial charge in [0.05, 0.1) is 22.5 Å². The minimum atomic E-state index is -0.161. The summed E-state index contributed by atoms with van der Waals surface area (Å²) >= 11 is 7.62. The monoisotopic (exact) mass is 444 g/mol. The van der Waals surface area contributed by atoms with Crippen LogP contribution in [0, 0.1) is 11.3 Å². The van der Waals surface area contributed by atoms with E-state index in [2.05, 4.69) is 16.4 Å². The molecule has 1 heterocycles. The summed E-state index contributed by atoms with van der Waals surface area (Å²) in [6.07, 6.45) is 0.271. The fourth-order valence-corrected chi connectivity index (χ4v) is 4.06. The van der Waals surface area contributed by atoms with Crippen molar-refractivity contribution < 1.29 is 4.79 Å². The van der Waals surface area contributed by atoms with Gasteiger partial charge in [-0.15, -0.1) is 0 Å². The Kier molecular flexibility index (Phi) is 6.46. The Morgan fingerprint density at radius 1 is 1.03 bits per heavy atom. The molecule has 0 radical (unpaired) electrons. The average Bonchev–Trinajstić information content (AvgIpc) is 2.79. The van der Waals surface area contributed by atoms with E-state index in [9.17, 15) is 4.79 Å². The molecular formula is C24H17ClN4OS. The molecule has 1 amide bonds. The summed E-state index contributed by atoms with van der Waals surface area (Å²) in [4.78, 5) is 21.7. The average molecular weight is 445 g/mol. The molecule has 0 fully saturated rings. The van der Waals surface area contributed by atoms with Gasteiger partial charge in [-0.2, -0.15) is 5.26 Å². The quantitative estimate of drug-likeness (QED) is 0.294. The van der Waals surface area contributed by atoms with Crippen molar-refractivity contribution in [3.8, 4) is 17.3 Å². The van der Waals surface area contributed by atoms with Crippen molar-refractivity contribution in [2.75, 3.05) is 11.1 Å². The number of rotatable bonds is 6. The van der Waals surface area contributed by atoms with E-state index in [1.54, 1.807) is 30.3 Å². The van der Waals surface area contributed by atoms with Crippen molar-refractivity contribution in [1.29, 1.82) is 5.26 Å². The van der Waals surface area contributed by atoms with Crippen LogP contribution in [0.15, 0.2) is 78.0 Å². The lowest BCUT2D eigenvalue weighted by atomic mass is 10.1. The molecule has 0 bridgehead atoms. The summed E-state index contributed by atoms with van der Waals surface area (Å²) in [6.45, 7) is 0. The lowest BCUT2D eigenvalue weighted by Gasteiger charge is -2.10. The number of halogens is 1. The number of para-hydroxylation sites is 1. The third-order valence-corrected chi connectivity index (χ3v) is 5.65. The molecule has 31 heavy (non-hydrogen) atoms. The molecule has 152 valence electrons. The first-order valence-electron chi connectivity index (χ1n) is 9.58. The summed E-state index contributed by atoms with van der Waals surface area (Å²) < 4.78 is 0. The maximum atomic E-state index is 12.3.